The molecule has 2 fully saturated rings. The highest BCUT2D eigenvalue weighted by Gasteiger charge is 2.43. The summed E-state index contributed by atoms with van der Waals surface area (Å²) < 4.78 is 53.8. The van der Waals surface area contributed by atoms with Gasteiger partial charge in [0.15, 0.2) is 11.6 Å². The van der Waals surface area contributed by atoms with Crippen LogP contribution >= 0.6 is 0 Å². The second-order valence-electron chi connectivity index (χ2n) is 15.7. The van der Waals surface area contributed by atoms with Crippen LogP contribution in [0.25, 0.3) is 11.3 Å². The number of pyridine rings is 2. The summed E-state index contributed by atoms with van der Waals surface area (Å²) in [6.07, 6.45) is 1.65. The van der Waals surface area contributed by atoms with Crippen LogP contribution in [-0.2, 0) is 42.1 Å². The molecule has 17 heteroatoms. The van der Waals surface area contributed by atoms with Crippen molar-refractivity contribution < 1.29 is 27.5 Å². The van der Waals surface area contributed by atoms with Crippen LogP contribution < -0.4 is 26.0 Å². The van der Waals surface area contributed by atoms with E-state index in [0.29, 0.717) is 49.5 Å². The van der Waals surface area contributed by atoms with Gasteiger partial charge in [0.2, 0.25) is 5.91 Å². The minimum absolute atomic E-state index is 0.00190. The maximum absolute atomic E-state index is 15.1. The molecule has 4 aliphatic rings. The van der Waals surface area contributed by atoms with E-state index in [2.05, 4.69) is 62.7 Å². The minimum atomic E-state index is -4.94. The van der Waals surface area contributed by atoms with Crippen LogP contribution in [0.3, 0.4) is 0 Å². The number of anilines is 5. The Hall–Kier alpha value is -5.55. The molecule has 0 bridgehead atoms. The first-order chi connectivity index (χ1) is 26.6. The van der Waals surface area contributed by atoms with Crippen molar-refractivity contribution in [1.29, 1.82) is 0 Å². The molecular formula is C39H43F3N10O4. The molecule has 7 heterocycles. The summed E-state index contributed by atoms with van der Waals surface area (Å²) in [4.78, 5) is 58.5. The summed E-state index contributed by atoms with van der Waals surface area (Å²) in [6, 6.07) is 4.99. The third-order valence-corrected chi connectivity index (χ3v) is 11.1. The van der Waals surface area contributed by atoms with Crippen LogP contribution in [0.4, 0.5) is 42.0 Å². The fourth-order valence-corrected chi connectivity index (χ4v) is 8.31. The average molecular weight is 773 g/mol. The standard InChI is InChI=1S/C39H43F3N10O4/c1-6-31(53)46-27-14-24(17-44-34(27)50-10-9-49(18-22(50)2)25-20-56-21-25)45-33-37(55)48(5)19-28(47-33)26-7-8-43-35(32(26)39(40,41)42)52-12-11-51-29(36(52)54)13-23-15-38(3,4)16-30(23)51/h6-8,13-14,17,19,22,25H,1,9-12,15-16,18,20-21H2,2-5H3,(H,45,47)(H,46,53). The topological polar surface area (TPSA) is 143 Å². The smallest absolute Gasteiger partial charge is 0.378 e. The Morgan fingerprint density at radius 2 is 1.86 bits per heavy atom. The Morgan fingerprint density at radius 1 is 1.07 bits per heavy atom. The predicted molar refractivity (Wildman–Crippen MR) is 204 cm³/mol. The Balaban J connectivity index is 1.12. The van der Waals surface area contributed by atoms with Crippen LogP contribution in [0.1, 0.15) is 48.1 Å². The molecule has 0 aromatic carbocycles. The normalized spacial score (nSPS) is 19.7. The van der Waals surface area contributed by atoms with Crippen molar-refractivity contribution in [3.05, 3.63) is 82.3 Å². The molecule has 0 saturated carbocycles. The molecule has 14 nitrogen and oxygen atoms in total. The number of hydrogen-bond acceptors (Lipinski definition) is 10. The quantitative estimate of drug-likeness (QED) is 0.244. The molecule has 2 amide bonds. The van der Waals surface area contributed by atoms with E-state index in [4.69, 9.17) is 4.74 Å². The van der Waals surface area contributed by atoms with Crippen molar-refractivity contribution >= 4 is 40.6 Å². The van der Waals surface area contributed by atoms with Gasteiger partial charge >= 0.3 is 6.18 Å². The molecule has 2 saturated heterocycles. The molecule has 4 aromatic rings. The number of fused-ring (bicyclic) bond motifs is 3. The van der Waals surface area contributed by atoms with Crippen LogP contribution in [0.2, 0.25) is 0 Å². The number of alkyl halides is 3. The summed E-state index contributed by atoms with van der Waals surface area (Å²) in [7, 11) is 1.41. The highest BCUT2D eigenvalue weighted by molar-refractivity contribution is 6.06. The van der Waals surface area contributed by atoms with Crippen LogP contribution in [-0.4, -0.2) is 92.3 Å². The Kier molecular flexibility index (Phi) is 9.26. The zero-order chi connectivity index (χ0) is 39.7. The number of nitrogens with one attached hydrogen (secondary N) is 2. The average Bonchev–Trinajstić information content (AvgIpc) is 3.61. The number of rotatable bonds is 8. The Morgan fingerprint density at radius 3 is 2.55 bits per heavy atom. The van der Waals surface area contributed by atoms with E-state index in [0.717, 1.165) is 52.7 Å². The fraction of sp³-hybridized carbons (Fsp3) is 0.436. The van der Waals surface area contributed by atoms with Crippen molar-refractivity contribution in [2.24, 2.45) is 12.5 Å². The van der Waals surface area contributed by atoms with Crippen molar-refractivity contribution in [2.75, 3.05) is 59.8 Å². The molecule has 3 aliphatic heterocycles. The Bertz CT molecular complexity index is 2310. The lowest BCUT2D eigenvalue weighted by molar-refractivity contribution is -0.136. The van der Waals surface area contributed by atoms with Gasteiger partial charge in [0.05, 0.1) is 42.5 Å². The van der Waals surface area contributed by atoms with Gasteiger partial charge in [0, 0.05) is 69.5 Å². The van der Waals surface area contributed by atoms with E-state index in [1.807, 2.05) is 4.57 Å². The van der Waals surface area contributed by atoms with Gasteiger partial charge < -0.3 is 29.4 Å². The van der Waals surface area contributed by atoms with Crippen molar-refractivity contribution in [2.45, 2.75) is 58.4 Å². The highest BCUT2D eigenvalue weighted by Crippen LogP contribution is 2.44. The SMILES string of the molecule is C=CC(=O)Nc1cc(Nc2nc(-c3ccnc(N4CCn5c(cc6c5CC(C)(C)C6)C4=O)c3C(F)(F)F)cn(C)c2=O)cnc1N1CCN(C2COC2)CC1C. The second-order valence-corrected chi connectivity index (χ2v) is 15.7. The first kappa shape index (κ1) is 37.4. The monoisotopic (exact) mass is 772 g/mol. The first-order valence-electron chi connectivity index (χ1n) is 18.6. The number of halogens is 3. The molecule has 0 radical (unpaired) electrons. The van der Waals surface area contributed by atoms with E-state index < -0.39 is 34.9 Å². The molecule has 4 aromatic heterocycles. The summed E-state index contributed by atoms with van der Waals surface area (Å²) in [6.45, 7) is 13.9. The van der Waals surface area contributed by atoms with Crippen LogP contribution in [0.15, 0.2) is 54.2 Å². The predicted octanol–water partition coefficient (Wildman–Crippen LogP) is 4.62. The minimum Gasteiger partial charge on any atom is -0.378 e. The van der Waals surface area contributed by atoms with Gasteiger partial charge in [-0.3, -0.25) is 24.2 Å². The number of ether oxygens (including phenoxy) is 1. The lowest BCUT2D eigenvalue weighted by atomic mass is 9.90. The first-order valence-corrected chi connectivity index (χ1v) is 18.6. The molecule has 8 rings (SSSR count). The van der Waals surface area contributed by atoms with Gasteiger partial charge in [-0.1, -0.05) is 20.4 Å². The molecule has 2 N–H and O–H groups in total. The maximum Gasteiger partial charge on any atom is 0.420 e. The van der Waals surface area contributed by atoms with Gasteiger partial charge in [-0.15, -0.1) is 0 Å². The number of aromatic nitrogens is 5. The maximum atomic E-state index is 15.1. The molecule has 56 heavy (non-hydrogen) atoms. The highest BCUT2D eigenvalue weighted by atomic mass is 19.4. The molecule has 1 atom stereocenters. The van der Waals surface area contributed by atoms with Crippen molar-refractivity contribution in [3.8, 4) is 11.3 Å². The van der Waals surface area contributed by atoms with Gasteiger partial charge in [-0.2, -0.15) is 13.2 Å². The van der Waals surface area contributed by atoms with Crippen LogP contribution in [0, 0.1) is 5.41 Å². The third kappa shape index (κ3) is 6.72. The lowest BCUT2D eigenvalue weighted by Crippen LogP contribution is -2.59. The second kappa shape index (κ2) is 13.9. The number of piperazine rings is 1. The van der Waals surface area contributed by atoms with E-state index >= 15 is 13.2 Å². The van der Waals surface area contributed by atoms with Crippen LogP contribution in [0.5, 0.6) is 0 Å². The van der Waals surface area contributed by atoms with E-state index in [-0.39, 0.29) is 40.8 Å². The zero-order valence-electron chi connectivity index (χ0n) is 31.6. The fourth-order valence-electron chi connectivity index (χ4n) is 8.31. The van der Waals surface area contributed by atoms with Gasteiger partial charge in [0.1, 0.15) is 17.1 Å². The number of carbonyl (C=O) groups excluding carboxylic acids is 2. The van der Waals surface area contributed by atoms with Crippen molar-refractivity contribution in [1.82, 2.24) is 29.0 Å². The number of amides is 2. The molecule has 1 unspecified atom stereocenters. The molecule has 0 spiro atoms. The molecular weight excluding hydrogens is 729 g/mol. The molecule has 294 valence electrons. The lowest BCUT2D eigenvalue weighted by Gasteiger charge is -2.46. The number of nitrogens with zero attached hydrogens (tertiary/aromatic N) is 8. The third-order valence-electron chi connectivity index (χ3n) is 11.1. The summed E-state index contributed by atoms with van der Waals surface area (Å²) in [5.41, 5.74) is 0.809. The number of carbonyl (C=O) groups is 2. The van der Waals surface area contributed by atoms with E-state index in [9.17, 15) is 14.4 Å². The van der Waals surface area contributed by atoms with E-state index in [1.54, 1.807) is 12.1 Å². The zero-order valence-corrected chi connectivity index (χ0v) is 31.6. The summed E-state index contributed by atoms with van der Waals surface area (Å²) >= 11 is 0. The molecule has 1 aliphatic carbocycles. The largest absolute Gasteiger partial charge is 0.420 e. The number of aryl methyl sites for hydroxylation is 1. The van der Waals surface area contributed by atoms with Gasteiger partial charge in [0.25, 0.3) is 11.5 Å². The Labute approximate surface area is 321 Å². The van der Waals surface area contributed by atoms with Crippen molar-refractivity contribution in [3.63, 3.8) is 0 Å². The van der Waals surface area contributed by atoms with Gasteiger partial charge in [-0.25, -0.2) is 15.0 Å². The summed E-state index contributed by atoms with van der Waals surface area (Å²) in [5, 5.41) is 5.73. The number of hydrogen-bond donors (Lipinski definition) is 2. The van der Waals surface area contributed by atoms with E-state index in [1.165, 1.54) is 31.7 Å². The summed E-state index contributed by atoms with van der Waals surface area (Å²) in [5.74, 6) is -1.32. The van der Waals surface area contributed by atoms with Gasteiger partial charge in [-0.05, 0) is 55.0 Å².